The Bertz CT molecular complexity index is 395. The number of aliphatic hydroxyl groups is 1. The smallest absolute Gasteiger partial charge is 0.0671 e. The third-order valence-electron chi connectivity index (χ3n) is 4.39. The van der Waals surface area contributed by atoms with Crippen LogP contribution in [0.5, 0.6) is 0 Å². The van der Waals surface area contributed by atoms with Crippen LogP contribution in [0.25, 0.3) is 0 Å². The zero-order chi connectivity index (χ0) is 14.5. The molecule has 1 aliphatic carbocycles. The Balaban J connectivity index is 0.000000706. The largest absolute Gasteiger partial charge is 0.393 e. The molecule has 0 amide bonds. The summed E-state index contributed by atoms with van der Waals surface area (Å²) in [7, 11) is -0.341. The molecule has 1 aromatic rings. The van der Waals surface area contributed by atoms with Gasteiger partial charge >= 0.3 is 0 Å². The van der Waals surface area contributed by atoms with Gasteiger partial charge < -0.3 is 9.63 Å². The quantitative estimate of drug-likeness (QED) is 0.792. The Hall–Kier alpha value is -0.430. The zero-order valence-corrected chi connectivity index (χ0v) is 13.7. The molecule has 1 heterocycles. The first kappa shape index (κ1) is 18.6. The summed E-state index contributed by atoms with van der Waals surface area (Å²) in [6.45, 7) is 6.25. The van der Waals surface area contributed by atoms with Gasteiger partial charge in [0.05, 0.1) is 12.2 Å². The standard InChI is InChI=1S/C15H21O2P.C2H6.CH4/c1-18-12(9-11-5-3-2-4-6-11)10-13-14(16)7-8-15(13)17-18;1-2;/h2-6,12-16H,7-10H2,1H3;1-2H3;1H4/t12-,13?,14?,15?,18?;;/m0../s1. The van der Waals surface area contributed by atoms with Crippen LogP contribution < -0.4 is 0 Å². The van der Waals surface area contributed by atoms with Gasteiger partial charge in [0.2, 0.25) is 0 Å². The number of fused-ring (bicyclic) bond motifs is 1. The van der Waals surface area contributed by atoms with E-state index in [1.807, 2.05) is 13.8 Å². The van der Waals surface area contributed by atoms with Gasteiger partial charge in [-0.2, -0.15) is 0 Å². The normalized spacial score (nSPS) is 34.2. The van der Waals surface area contributed by atoms with Crippen molar-refractivity contribution in [2.45, 2.75) is 64.8 Å². The number of benzene rings is 1. The van der Waals surface area contributed by atoms with Gasteiger partial charge in [-0.3, -0.25) is 0 Å². The highest BCUT2D eigenvalue weighted by Crippen LogP contribution is 2.53. The Morgan fingerprint density at radius 1 is 1.19 bits per heavy atom. The van der Waals surface area contributed by atoms with Crippen LogP contribution in [0.15, 0.2) is 30.3 Å². The maximum atomic E-state index is 10.0. The van der Waals surface area contributed by atoms with Crippen molar-refractivity contribution in [1.29, 1.82) is 0 Å². The third-order valence-corrected chi connectivity index (χ3v) is 6.42. The summed E-state index contributed by atoms with van der Waals surface area (Å²) in [6.07, 6.45) is 4.43. The number of hydrogen-bond acceptors (Lipinski definition) is 2. The van der Waals surface area contributed by atoms with Crippen LogP contribution in [0.2, 0.25) is 0 Å². The van der Waals surface area contributed by atoms with Gasteiger partial charge in [-0.25, -0.2) is 0 Å². The summed E-state index contributed by atoms with van der Waals surface area (Å²) >= 11 is 0. The molecule has 120 valence electrons. The van der Waals surface area contributed by atoms with Gasteiger partial charge in [-0.05, 0) is 37.9 Å². The van der Waals surface area contributed by atoms with E-state index in [1.165, 1.54) is 5.56 Å². The highest BCUT2D eigenvalue weighted by atomic mass is 31.1. The molecule has 0 spiro atoms. The van der Waals surface area contributed by atoms with Gasteiger partial charge in [-0.15, -0.1) is 0 Å². The van der Waals surface area contributed by atoms with E-state index in [0.717, 1.165) is 25.7 Å². The number of rotatable bonds is 2. The average Bonchev–Trinajstić information content (AvgIpc) is 2.84. The van der Waals surface area contributed by atoms with Gasteiger partial charge in [0, 0.05) is 19.7 Å². The van der Waals surface area contributed by atoms with Gasteiger partial charge in [0.15, 0.2) is 0 Å². The molecule has 0 radical (unpaired) electrons. The summed E-state index contributed by atoms with van der Waals surface area (Å²) in [5, 5.41) is 10.0. The maximum Gasteiger partial charge on any atom is 0.0671 e. The predicted octanol–water partition coefficient (Wildman–Crippen LogP) is 4.85. The minimum atomic E-state index is -0.341. The van der Waals surface area contributed by atoms with Crippen LogP contribution in [-0.2, 0) is 10.9 Å². The second kappa shape index (κ2) is 8.88. The molecule has 1 N–H and O–H groups in total. The molecule has 0 bridgehead atoms. The lowest BCUT2D eigenvalue weighted by molar-refractivity contribution is 0.0651. The van der Waals surface area contributed by atoms with Crippen LogP contribution in [0, 0.1) is 5.92 Å². The fourth-order valence-corrected chi connectivity index (χ4v) is 5.18. The molecule has 3 rings (SSSR count). The monoisotopic (exact) mass is 310 g/mol. The zero-order valence-electron chi connectivity index (χ0n) is 12.8. The third kappa shape index (κ3) is 4.52. The van der Waals surface area contributed by atoms with Crippen molar-refractivity contribution in [3.63, 3.8) is 0 Å². The molecule has 1 saturated carbocycles. The number of aliphatic hydroxyl groups excluding tert-OH is 1. The Morgan fingerprint density at radius 2 is 1.86 bits per heavy atom. The minimum Gasteiger partial charge on any atom is -0.393 e. The number of hydrogen-bond donors (Lipinski definition) is 1. The van der Waals surface area contributed by atoms with Gasteiger partial charge in [-0.1, -0.05) is 51.6 Å². The highest BCUT2D eigenvalue weighted by molar-refractivity contribution is 7.52. The van der Waals surface area contributed by atoms with Crippen molar-refractivity contribution in [3.05, 3.63) is 35.9 Å². The molecule has 1 aromatic carbocycles. The van der Waals surface area contributed by atoms with E-state index in [0.29, 0.717) is 17.7 Å². The second-order valence-electron chi connectivity index (χ2n) is 5.58. The van der Waals surface area contributed by atoms with E-state index in [4.69, 9.17) is 4.52 Å². The SMILES string of the molecule is C.CC.CP1OC2CCC(O)C2C[C@@H]1Cc1ccccc1. The molecule has 21 heavy (non-hydrogen) atoms. The first-order valence-electron chi connectivity index (χ1n) is 7.85. The Kier molecular flexibility index (Phi) is 7.87. The lowest BCUT2D eigenvalue weighted by Gasteiger charge is -2.38. The fraction of sp³-hybridized carbons (Fsp3) is 0.667. The summed E-state index contributed by atoms with van der Waals surface area (Å²) in [5.41, 5.74) is 2.00. The Morgan fingerprint density at radius 3 is 2.52 bits per heavy atom. The van der Waals surface area contributed by atoms with Crippen LogP contribution in [0.4, 0.5) is 0 Å². The molecule has 1 saturated heterocycles. The van der Waals surface area contributed by atoms with Gasteiger partial charge in [0.1, 0.15) is 0 Å². The molecule has 1 aliphatic heterocycles. The van der Waals surface area contributed by atoms with Crippen LogP contribution >= 0.6 is 8.15 Å². The lowest BCUT2D eigenvalue weighted by atomic mass is 9.94. The van der Waals surface area contributed by atoms with Crippen LogP contribution in [0.1, 0.15) is 46.1 Å². The second-order valence-corrected chi connectivity index (χ2v) is 7.61. The van der Waals surface area contributed by atoms with Crippen molar-refractivity contribution in [3.8, 4) is 0 Å². The summed E-state index contributed by atoms with van der Waals surface area (Å²) < 4.78 is 6.17. The van der Waals surface area contributed by atoms with E-state index in [-0.39, 0.29) is 21.7 Å². The first-order valence-corrected chi connectivity index (χ1v) is 9.63. The van der Waals surface area contributed by atoms with E-state index >= 15 is 0 Å². The summed E-state index contributed by atoms with van der Waals surface area (Å²) in [6, 6.07) is 10.7. The molecule has 2 aliphatic rings. The van der Waals surface area contributed by atoms with Crippen LogP contribution in [-0.4, -0.2) is 29.6 Å². The Labute approximate surface area is 131 Å². The molecule has 2 nitrogen and oxygen atoms in total. The predicted molar refractivity (Wildman–Crippen MR) is 93.1 cm³/mol. The molecule has 4 unspecified atom stereocenters. The topological polar surface area (TPSA) is 29.5 Å². The lowest BCUT2D eigenvalue weighted by Crippen LogP contribution is -2.34. The average molecular weight is 310 g/mol. The van der Waals surface area contributed by atoms with Crippen molar-refractivity contribution >= 4 is 8.15 Å². The summed E-state index contributed by atoms with van der Waals surface area (Å²) in [4.78, 5) is 0. The van der Waals surface area contributed by atoms with Gasteiger partial charge in [0.25, 0.3) is 0 Å². The fourth-order valence-electron chi connectivity index (χ4n) is 3.31. The first-order chi connectivity index (χ1) is 9.74. The highest BCUT2D eigenvalue weighted by Gasteiger charge is 2.43. The van der Waals surface area contributed by atoms with Crippen molar-refractivity contribution in [2.75, 3.05) is 6.66 Å². The molecular weight excluding hydrogens is 279 g/mol. The van der Waals surface area contributed by atoms with Crippen molar-refractivity contribution in [1.82, 2.24) is 0 Å². The molecular formula is C18H31O2P. The van der Waals surface area contributed by atoms with E-state index in [2.05, 4.69) is 37.0 Å². The van der Waals surface area contributed by atoms with Crippen molar-refractivity contribution < 1.29 is 9.63 Å². The van der Waals surface area contributed by atoms with E-state index < -0.39 is 0 Å². The molecule has 2 fully saturated rings. The molecule has 0 aromatic heterocycles. The van der Waals surface area contributed by atoms with Crippen LogP contribution in [0.3, 0.4) is 0 Å². The van der Waals surface area contributed by atoms with Crippen molar-refractivity contribution in [2.24, 2.45) is 5.92 Å². The van der Waals surface area contributed by atoms with E-state index in [9.17, 15) is 5.11 Å². The maximum absolute atomic E-state index is 10.0. The van der Waals surface area contributed by atoms with E-state index in [1.54, 1.807) is 0 Å². The molecule has 5 atom stereocenters. The minimum absolute atomic E-state index is 0. The molecule has 3 heteroatoms. The summed E-state index contributed by atoms with van der Waals surface area (Å²) in [5.74, 6) is 0.386.